The molecule has 6 heteroatoms. The van der Waals surface area contributed by atoms with Crippen LogP contribution in [0.3, 0.4) is 0 Å². The summed E-state index contributed by atoms with van der Waals surface area (Å²) >= 11 is 6.76. The van der Waals surface area contributed by atoms with Gasteiger partial charge in [-0.2, -0.15) is 0 Å². The topological polar surface area (TPSA) is 57.6 Å². The van der Waals surface area contributed by atoms with Crippen molar-refractivity contribution in [3.8, 4) is 0 Å². The minimum Gasteiger partial charge on any atom is -0.481 e. The molecule has 1 aromatic rings. The number of hydrogen-bond acceptors (Lipinski definition) is 4. The fourth-order valence-corrected chi connectivity index (χ4v) is 4.31. The number of carbonyl (C=O) groups excluding carboxylic acids is 1. The van der Waals surface area contributed by atoms with Gasteiger partial charge in [0.05, 0.1) is 4.91 Å². The van der Waals surface area contributed by atoms with Crippen molar-refractivity contribution in [2.45, 2.75) is 57.8 Å². The van der Waals surface area contributed by atoms with E-state index in [1.54, 1.807) is 4.90 Å². The van der Waals surface area contributed by atoms with Gasteiger partial charge in [-0.05, 0) is 24.5 Å². The second-order valence-electron chi connectivity index (χ2n) is 6.72. The van der Waals surface area contributed by atoms with Crippen molar-refractivity contribution in [3.63, 3.8) is 0 Å². The molecule has 1 amide bonds. The van der Waals surface area contributed by atoms with E-state index >= 15 is 0 Å². The molecule has 0 spiro atoms. The number of nitrogens with zero attached hydrogens (tertiary/aromatic N) is 1. The van der Waals surface area contributed by atoms with E-state index in [-0.39, 0.29) is 12.3 Å². The molecule has 4 nitrogen and oxygen atoms in total. The van der Waals surface area contributed by atoms with Crippen LogP contribution < -0.4 is 0 Å². The number of hydrogen-bond donors (Lipinski definition) is 1. The molecule has 0 aromatic heterocycles. The Balaban J connectivity index is 1.61. The van der Waals surface area contributed by atoms with Crippen molar-refractivity contribution in [1.82, 2.24) is 4.90 Å². The zero-order valence-corrected chi connectivity index (χ0v) is 17.2. The summed E-state index contributed by atoms with van der Waals surface area (Å²) in [6.07, 6.45) is 10.6. The van der Waals surface area contributed by atoms with Gasteiger partial charge in [0.1, 0.15) is 4.32 Å². The van der Waals surface area contributed by atoms with E-state index in [1.165, 1.54) is 18.2 Å². The number of thiocarbonyl (C=S) groups is 1. The van der Waals surface area contributed by atoms with E-state index in [1.807, 2.05) is 36.4 Å². The summed E-state index contributed by atoms with van der Waals surface area (Å²) in [5.41, 5.74) is 1.02. The van der Waals surface area contributed by atoms with Crippen LogP contribution >= 0.6 is 24.0 Å². The molecule has 1 heterocycles. The largest absolute Gasteiger partial charge is 0.481 e. The summed E-state index contributed by atoms with van der Waals surface area (Å²) in [5, 5.41) is 8.59. The Hall–Kier alpha value is -1.66. The number of carboxylic acid groups (broad SMARTS) is 1. The second kappa shape index (κ2) is 11.9. The first-order valence-electron chi connectivity index (χ1n) is 9.60. The van der Waals surface area contributed by atoms with Crippen LogP contribution in [0, 0.1) is 0 Å². The molecular formula is C21H27NO3S2. The minimum absolute atomic E-state index is 0.0206. The van der Waals surface area contributed by atoms with Crippen molar-refractivity contribution in [1.29, 1.82) is 0 Å². The number of amides is 1. The number of aliphatic carboxylic acids is 1. The summed E-state index contributed by atoms with van der Waals surface area (Å²) in [6.45, 7) is 0.690. The second-order valence-corrected chi connectivity index (χ2v) is 8.39. The molecule has 0 saturated carbocycles. The molecule has 1 N–H and O–H groups in total. The Morgan fingerprint density at radius 3 is 2.22 bits per heavy atom. The first-order valence-corrected chi connectivity index (χ1v) is 10.8. The first kappa shape index (κ1) is 21.6. The molecule has 0 atom stereocenters. The van der Waals surface area contributed by atoms with Gasteiger partial charge in [0, 0.05) is 13.0 Å². The average molecular weight is 406 g/mol. The maximum absolute atomic E-state index is 12.5. The smallest absolute Gasteiger partial charge is 0.303 e. The van der Waals surface area contributed by atoms with Gasteiger partial charge in [0.15, 0.2) is 0 Å². The predicted molar refractivity (Wildman–Crippen MR) is 116 cm³/mol. The Kier molecular flexibility index (Phi) is 9.56. The fourth-order valence-electron chi connectivity index (χ4n) is 3.00. The quantitative estimate of drug-likeness (QED) is 0.283. The van der Waals surface area contributed by atoms with Gasteiger partial charge >= 0.3 is 5.97 Å². The number of unbranched alkanes of at least 4 members (excludes halogenated alkanes) is 7. The number of benzene rings is 1. The molecule has 0 unspecified atom stereocenters. The molecule has 2 rings (SSSR count). The molecule has 1 aliphatic rings. The highest BCUT2D eigenvalue weighted by atomic mass is 32.2. The average Bonchev–Trinajstić information content (AvgIpc) is 2.91. The molecule has 1 aliphatic heterocycles. The van der Waals surface area contributed by atoms with Gasteiger partial charge in [-0.3, -0.25) is 14.5 Å². The third-order valence-electron chi connectivity index (χ3n) is 4.49. The van der Waals surface area contributed by atoms with Crippen LogP contribution in [-0.4, -0.2) is 32.7 Å². The normalized spacial score (nSPS) is 15.7. The molecule has 1 fully saturated rings. The maximum Gasteiger partial charge on any atom is 0.303 e. The summed E-state index contributed by atoms with van der Waals surface area (Å²) < 4.78 is 0.653. The Bertz CT molecular complexity index is 673. The molecule has 1 aromatic carbocycles. The summed E-state index contributed by atoms with van der Waals surface area (Å²) in [7, 11) is 0. The molecule has 0 radical (unpaired) electrons. The highest BCUT2D eigenvalue weighted by Crippen LogP contribution is 2.32. The molecular weight excluding hydrogens is 378 g/mol. The van der Waals surface area contributed by atoms with Crippen molar-refractivity contribution in [3.05, 3.63) is 40.8 Å². The van der Waals surface area contributed by atoms with Crippen LogP contribution in [-0.2, 0) is 9.59 Å². The standard InChI is InChI=1S/C21H27NO3S2/c23-19(24)14-10-5-3-1-2-4-6-11-15-22-20(25)18(27-21(22)26)16-17-12-8-7-9-13-17/h7-9,12-13,16H,1-6,10-11,14-15H2,(H,23,24). The number of carbonyl (C=O) groups is 2. The molecule has 0 aliphatic carbocycles. The van der Waals surface area contributed by atoms with Crippen LogP contribution in [0.1, 0.15) is 63.4 Å². The lowest BCUT2D eigenvalue weighted by Crippen LogP contribution is -2.29. The van der Waals surface area contributed by atoms with Gasteiger partial charge in [0.25, 0.3) is 5.91 Å². The summed E-state index contributed by atoms with van der Waals surface area (Å²) in [6, 6.07) is 9.83. The van der Waals surface area contributed by atoms with Crippen molar-refractivity contribution in [2.75, 3.05) is 6.54 Å². The summed E-state index contributed by atoms with van der Waals surface area (Å²) in [4.78, 5) is 25.4. The van der Waals surface area contributed by atoms with E-state index in [9.17, 15) is 9.59 Å². The number of thioether (sulfide) groups is 1. The molecule has 1 saturated heterocycles. The Labute approximate surface area is 171 Å². The Morgan fingerprint density at radius 1 is 1.00 bits per heavy atom. The molecule has 27 heavy (non-hydrogen) atoms. The van der Waals surface area contributed by atoms with E-state index in [0.717, 1.165) is 50.5 Å². The SMILES string of the molecule is O=C(O)CCCCCCCCCCN1C(=O)C(=Cc2ccccc2)SC1=S. The lowest BCUT2D eigenvalue weighted by Gasteiger charge is -2.14. The van der Waals surface area contributed by atoms with Crippen LogP contribution in [0.4, 0.5) is 0 Å². The third-order valence-corrected chi connectivity index (χ3v) is 5.87. The molecule has 0 bridgehead atoms. The van der Waals surface area contributed by atoms with Crippen molar-refractivity contribution >= 4 is 46.3 Å². The van der Waals surface area contributed by atoms with Gasteiger partial charge in [-0.25, -0.2) is 0 Å². The van der Waals surface area contributed by atoms with E-state index < -0.39 is 5.97 Å². The first-order chi connectivity index (χ1) is 13.1. The van der Waals surface area contributed by atoms with Crippen molar-refractivity contribution < 1.29 is 14.7 Å². The summed E-state index contributed by atoms with van der Waals surface area (Å²) in [5.74, 6) is -0.684. The van der Waals surface area contributed by atoms with Crippen LogP contribution in [0.25, 0.3) is 6.08 Å². The van der Waals surface area contributed by atoms with Gasteiger partial charge in [0.2, 0.25) is 0 Å². The maximum atomic E-state index is 12.5. The van der Waals surface area contributed by atoms with Crippen LogP contribution in [0.2, 0.25) is 0 Å². The zero-order valence-electron chi connectivity index (χ0n) is 15.6. The fraction of sp³-hybridized carbons (Fsp3) is 0.476. The van der Waals surface area contributed by atoms with E-state index in [4.69, 9.17) is 17.3 Å². The predicted octanol–water partition coefficient (Wildman–Crippen LogP) is 5.48. The lowest BCUT2D eigenvalue weighted by molar-refractivity contribution is -0.137. The number of rotatable bonds is 12. The minimum atomic E-state index is -0.704. The Morgan fingerprint density at radius 2 is 1.59 bits per heavy atom. The van der Waals surface area contributed by atoms with Gasteiger partial charge in [-0.15, -0.1) is 0 Å². The monoisotopic (exact) mass is 405 g/mol. The van der Waals surface area contributed by atoms with Crippen LogP contribution in [0.5, 0.6) is 0 Å². The molecule has 146 valence electrons. The zero-order chi connectivity index (χ0) is 19.5. The highest BCUT2D eigenvalue weighted by Gasteiger charge is 2.31. The van der Waals surface area contributed by atoms with E-state index in [0.29, 0.717) is 15.8 Å². The van der Waals surface area contributed by atoms with Gasteiger partial charge in [-0.1, -0.05) is 92.8 Å². The van der Waals surface area contributed by atoms with Gasteiger partial charge < -0.3 is 5.11 Å². The third kappa shape index (κ3) is 7.85. The lowest BCUT2D eigenvalue weighted by atomic mass is 10.1. The number of carboxylic acids is 1. The van der Waals surface area contributed by atoms with Crippen molar-refractivity contribution in [2.24, 2.45) is 0 Å². The van der Waals surface area contributed by atoms with E-state index in [2.05, 4.69) is 0 Å². The highest BCUT2D eigenvalue weighted by molar-refractivity contribution is 8.26. The van der Waals surface area contributed by atoms with Crippen LogP contribution in [0.15, 0.2) is 35.2 Å².